The predicted molar refractivity (Wildman–Crippen MR) is 115 cm³/mol. The van der Waals surface area contributed by atoms with E-state index in [4.69, 9.17) is 0 Å². The number of hydrogen-bond acceptors (Lipinski definition) is 7. The number of carbonyl (C=O) groups excluding carboxylic acids is 2. The van der Waals surface area contributed by atoms with E-state index in [-0.39, 0.29) is 17.9 Å². The molecule has 2 N–H and O–H groups in total. The number of nitrogens with one attached hydrogen (secondary N) is 2. The number of piperidine rings is 2. The van der Waals surface area contributed by atoms with Crippen LogP contribution < -0.4 is 15.5 Å². The molecule has 2 saturated heterocycles. The quantitative estimate of drug-likeness (QED) is 0.757. The molecular weight excluding hydrogens is 402 g/mol. The molecule has 0 aliphatic carbocycles. The Morgan fingerprint density at radius 1 is 1.13 bits per heavy atom. The van der Waals surface area contributed by atoms with Crippen LogP contribution in [0.5, 0.6) is 0 Å². The highest BCUT2D eigenvalue weighted by Crippen LogP contribution is 2.22. The van der Waals surface area contributed by atoms with E-state index in [9.17, 15) is 9.59 Å². The smallest absolute Gasteiger partial charge is 0.317 e. The zero-order valence-electron chi connectivity index (χ0n) is 16.9. The second kappa shape index (κ2) is 9.84. The van der Waals surface area contributed by atoms with E-state index in [1.54, 1.807) is 10.4 Å². The molecule has 9 nitrogen and oxygen atoms in total. The summed E-state index contributed by atoms with van der Waals surface area (Å²) in [6.45, 7) is 3.61. The highest BCUT2D eigenvalue weighted by atomic mass is 32.1. The van der Waals surface area contributed by atoms with Gasteiger partial charge in [0, 0.05) is 50.4 Å². The topological polar surface area (TPSA) is 103 Å². The van der Waals surface area contributed by atoms with E-state index in [0.717, 1.165) is 24.5 Å². The Bertz CT molecular complexity index is 847. The minimum Gasteiger partial charge on any atom is -0.356 e. The summed E-state index contributed by atoms with van der Waals surface area (Å²) in [4.78, 5) is 33.6. The van der Waals surface area contributed by atoms with Crippen molar-refractivity contribution in [3.63, 3.8) is 0 Å². The van der Waals surface area contributed by atoms with Crippen LogP contribution in [0, 0.1) is 5.92 Å². The number of aromatic nitrogens is 3. The van der Waals surface area contributed by atoms with E-state index in [2.05, 4.69) is 30.7 Å². The van der Waals surface area contributed by atoms with Gasteiger partial charge in [0.25, 0.3) is 0 Å². The third-order valence-corrected chi connectivity index (χ3v) is 6.30. The second-order valence-corrected chi connectivity index (χ2v) is 8.52. The highest BCUT2D eigenvalue weighted by molar-refractivity contribution is 7.13. The lowest BCUT2D eigenvalue weighted by Crippen LogP contribution is -2.46. The summed E-state index contributed by atoms with van der Waals surface area (Å²) in [6, 6.07) is 3.85. The Morgan fingerprint density at radius 3 is 2.67 bits per heavy atom. The van der Waals surface area contributed by atoms with Crippen molar-refractivity contribution < 1.29 is 9.59 Å². The van der Waals surface area contributed by atoms with Gasteiger partial charge in [-0.05, 0) is 38.2 Å². The summed E-state index contributed by atoms with van der Waals surface area (Å²) in [7, 11) is 0. The van der Waals surface area contributed by atoms with Crippen molar-refractivity contribution in [3.8, 4) is 0 Å². The van der Waals surface area contributed by atoms with Crippen LogP contribution in [0.25, 0.3) is 0 Å². The van der Waals surface area contributed by atoms with E-state index in [1.165, 1.54) is 30.6 Å². The van der Waals surface area contributed by atoms with Gasteiger partial charge >= 0.3 is 6.03 Å². The summed E-state index contributed by atoms with van der Waals surface area (Å²) >= 11 is 1.30. The maximum atomic E-state index is 12.7. The number of carbonyl (C=O) groups is 2. The average Bonchev–Trinajstić information content (AvgIpc) is 3.31. The Morgan fingerprint density at radius 2 is 1.93 bits per heavy atom. The van der Waals surface area contributed by atoms with Crippen LogP contribution >= 0.6 is 11.3 Å². The molecule has 0 bridgehead atoms. The van der Waals surface area contributed by atoms with Crippen molar-refractivity contribution >= 4 is 34.2 Å². The molecule has 0 saturated carbocycles. The zero-order chi connectivity index (χ0) is 20.8. The molecule has 2 aromatic heterocycles. The largest absolute Gasteiger partial charge is 0.356 e. The molecule has 30 heavy (non-hydrogen) atoms. The predicted octanol–water partition coefficient (Wildman–Crippen LogP) is 2.48. The number of amides is 3. The van der Waals surface area contributed by atoms with Crippen LogP contribution in [0.2, 0.25) is 0 Å². The van der Waals surface area contributed by atoms with Crippen molar-refractivity contribution in [2.45, 2.75) is 38.6 Å². The van der Waals surface area contributed by atoms with Crippen LogP contribution in [-0.4, -0.2) is 58.2 Å². The van der Waals surface area contributed by atoms with Gasteiger partial charge in [-0.1, -0.05) is 17.4 Å². The first kappa shape index (κ1) is 20.5. The Balaban J connectivity index is 1.26. The lowest BCUT2D eigenvalue weighted by atomic mass is 9.96. The fourth-order valence-electron chi connectivity index (χ4n) is 4.02. The standard InChI is InChI=1S/C20H27N7O2S/c28-18(24-19-25-23-14-30-19)15-6-11-27(12-7-15)20(29)22-13-16-5-4-8-21-17(16)26-9-2-1-3-10-26/h4-5,8,14-15H,1-3,6-7,9-13H2,(H,22,29)(H,24,25,28). The lowest BCUT2D eigenvalue weighted by Gasteiger charge is -2.32. The van der Waals surface area contributed by atoms with Gasteiger partial charge in [-0.2, -0.15) is 0 Å². The van der Waals surface area contributed by atoms with E-state index in [0.29, 0.717) is 37.6 Å². The maximum Gasteiger partial charge on any atom is 0.317 e. The Labute approximate surface area is 179 Å². The fraction of sp³-hybridized carbons (Fsp3) is 0.550. The maximum absolute atomic E-state index is 12.7. The van der Waals surface area contributed by atoms with Gasteiger partial charge in [-0.3, -0.25) is 4.79 Å². The molecule has 0 radical (unpaired) electrons. The summed E-state index contributed by atoms with van der Waals surface area (Å²) in [5.74, 6) is 0.819. The average molecular weight is 430 g/mol. The summed E-state index contributed by atoms with van der Waals surface area (Å²) in [6.07, 6.45) is 6.73. The number of anilines is 2. The number of likely N-dealkylation sites (tertiary alicyclic amines) is 1. The molecule has 4 rings (SSSR count). The van der Waals surface area contributed by atoms with Crippen molar-refractivity contribution in [2.24, 2.45) is 5.92 Å². The molecule has 0 spiro atoms. The van der Waals surface area contributed by atoms with Crippen molar-refractivity contribution in [1.29, 1.82) is 0 Å². The monoisotopic (exact) mass is 429 g/mol. The van der Waals surface area contributed by atoms with E-state index in [1.807, 2.05) is 18.3 Å². The number of nitrogens with zero attached hydrogens (tertiary/aromatic N) is 5. The molecule has 4 heterocycles. The SMILES string of the molecule is O=C(Nc1nncs1)C1CCN(C(=O)NCc2cccnc2N2CCCCC2)CC1. The van der Waals surface area contributed by atoms with Crippen LogP contribution in [-0.2, 0) is 11.3 Å². The number of pyridine rings is 1. The summed E-state index contributed by atoms with van der Waals surface area (Å²) in [5, 5.41) is 13.9. The molecule has 3 amide bonds. The van der Waals surface area contributed by atoms with Gasteiger partial charge in [-0.25, -0.2) is 9.78 Å². The Hall–Kier alpha value is -2.75. The highest BCUT2D eigenvalue weighted by Gasteiger charge is 2.28. The third kappa shape index (κ3) is 5.05. The molecule has 2 fully saturated rings. The second-order valence-electron chi connectivity index (χ2n) is 7.69. The number of hydrogen-bond donors (Lipinski definition) is 2. The zero-order valence-corrected chi connectivity index (χ0v) is 17.7. The first-order valence-corrected chi connectivity index (χ1v) is 11.4. The molecule has 0 unspecified atom stereocenters. The Kier molecular flexibility index (Phi) is 6.73. The van der Waals surface area contributed by atoms with Gasteiger partial charge in [0.15, 0.2) is 0 Å². The van der Waals surface area contributed by atoms with Gasteiger partial charge in [0.2, 0.25) is 11.0 Å². The number of urea groups is 1. The molecular formula is C20H27N7O2S. The fourth-order valence-corrected chi connectivity index (χ4v) is 4.47. The third-order valence-electron chi connectivity index (χ3n) is 5.70. The minimum atomic E-state index is -0.109. The number of rotatable bonds is 5. The van der Waals surface area contributed by atoms with Crippen molar-refractivity contribution in [1.82, 2.24) is 25.4 Å². The van der Waals surface area contributed by atoms with Gasteiger partial charge in [-0.15, -0.1) is 10.2 Å². The molecule has 2 aliphatic rings. The minimum absolute atomic E-state index is 0.0478. The lowest BCUT2D eigenvalue weighted by molar-refractivity contribution is -0.121. The van der Waals surface area contributed by atoms with Crippen LogP contribution in [0.1, 0.15) is 37.7 Å². The first-order valence-electron chi connectivity index (χ1n) is 10.5. The van der Waals surface area contributed by atoms with Crippen molar-refractivity contribution in [2.75, 3.05) is 36.4 Å². The van der Waals surface area contributed by atoms with Crippen LogP contribution in [0.4, 0.5) is 15.7 Å². The molecule has 2 aromatic rings. The molecule has 2 aliphatic heterocycles. The van der Waals surface area contributed by atoms with Crippen LogP contribution in [0.15, 0.2) is 23.8 Å². The van der Waals surface area contributed by atoms with Crippen LogP contribution in [0.3, 0.4) is 0 Å². The first-order chi connectivity index (χ1) is 14.7. The summed E-state index contributed by atoms with van der Waals surface area (Å²) < 4.78 is 0. The van der Waals surface area contributed by atoms with E-state index >= 15 is 0 Å². The van der Waals surface area contributed by atoms with E-state index < -0.39 is 0 Å². The van der Waals surface area contributed by atoms with Gasteiger partial charge in [0.1, 0.15) is 11.3 Å². The van der Waals surface area contributed by atoms with Gasteiger partial charge < -0.3 is 20.4 Å². The molecule has 160 valence electrons. The molecule has 0 atom stereocenters. The van der Waals surface area contributed by atoms with Crippen molar-refractivity contribution in [3.05, 3.63) is 29.4 Å². The summed E-state index contributed by atoms with van der Waals surface area (Å²) in [5.41, 5.74) is 2.63. The van der Waals surface area contributed by atoms with Gasteiger partial charge in [0.05, 0.1) is 0 Å². The molecule has 10 heteroatoms. The molecule has 0 aromatic carbocycles. The normalized spacial score (nSPS) is 17.6.